The first-order valence-corrected chi connectivity index (χ1v) is 10.0. The van der Waals surface area contributed by atoms with Crippen molar-refractivity contribution in [1.29, 1.82) is 0 Å². The summed E-state index contributed by atoms with van der Waals surface area (Å²) < 4.78 is 0. The fraction of sp³-hybridized carbons (Fsp3) is 0.200. The maximum Gasteiger partial charge on any atom is 0.100 e. The minimum Gasteiger partial charge on any atom is -0.271 e. The lowest BCUT2D eigenvalue weighted by Gasteiger charge is -2.17. The van der Waals surface area contributed by atoms with Crippen molar-refractivity contribution in [3.8, 4) is 11.1 Å². The molecule has 0 heterocycles. The maximum absolute atomic E-state index is 6.03. The lowest BCUT2D eigenvalue weighted by atomic mass is 9.94. The van der Waals surface area contributed by atoms with Gasteiger partial charge in [-0.15, -0.1) is 0 Å². The second kappa shape index (κ2) is 8.22. The predicted molar refractivity (Wildman–Crippen MR) is 117 cm³/mol. The minimum atomic E-state index is 0.517. The van der Waals surface area contributed by atoms with Gasteiger partial charge in [-0.3, -0.25) is 10.3 Å². The molecule has 1 N–H and O–H groups in total. The summed E-state index contributed by atoms with van der Waals surface area (Å²) in [6.07, 6.45) is 2.24. The number of rotatable bonds is 6. The zero-order valence-electron chi connectivity index (χ0n) is 16.3. The van der Waals surface area contributed by atoms with Gasteiger partial charge in [0.15, 0.2) is 0 Å². The molecule has 0 bridgehead atoms. The summed E-state index contributed by atoms with van der Waals surface area (Å²) in [4.78, 5) is 5.98. The van der Waals surface area contributed by atoms with Gasteiger partial charge >= 0.3 is 0 Å². The Hall–Kier alpha value is -2.55. The molecule has 0 radical (unpaired) electrons. The van der Waals surface area contributed by atoms with E-state index >= 15 is 0 Å². The molecule has 142 valence electrons. The lowest BCUT2D eigenvalue weighted by Crippen LogP contribution is -2.14. The number of benzene rings is 3. The number of halogens is 1. The molecule has 0 spiro atoms. The number of nitrogens with one attached hydrogen (secondary N) is 1. The van der Waals surface area contributed by atoms with Crippen LogP contribution in [0.4, 0.5) is 0 Å². The third-order valence-electron chi connectivity index (χ3n) is 5.29. The zero-order valence-corrected chi connectivity index (χ0v) is 17.0. The van der Waals surface area contributed by atoms with Gasteiger partial charge in [0.05, 0.1) is 5.70 Å². The summed E-state index contributed by atoms with van der Waals surface area (Å²) in [6.45, 7) is 4.83. The van der Waals surface area contributed by atoms with Gasteiger partial charge in [-0.25, -0.2) is 0 Å². The Morgan fingerprint density at radius 1 is 0.929 bits per heavy atom. The normalized spacial score (nSPS) is 12.8. The molecule has 3 aromatic rings. The molecule has 0 aromatic heterocycles. The average Bonchev–Trinajstić information content (AvgIpc) is 3.54. The van der Waals surface area contributed by atoms with E-state index in [1.54, 1.807) is 0 Å². The summed E-state index contributed by atoms with van der Waals surface area (Å²) in [5.74, 6) is 0. The van der Waals surface area contributed by atoms with Crippen LogP contribution in [0.15, 0.2) is 72.3 Å². The van der Waals surface area contributed by atoms with Crippen molar-refractivity contribution < 1.29 is 4.84 Å². The van der Waals surface area contributed by atoms with E-state index in [-0.39, 0.29) is 0 Å². The Balaban J connectivity index is 1.52. The van der Waals surface area contributed by atoms with Gasteiger partial charge in [0.25, 0.3) is 0 Å². The molecule has 28 heavy (non-hydrogen) atoms. The van der Waals surface area contributed by atoms with Gasteiger partial charge in [-0.1, -0.05) is 66.2 Å². The van der Waals surface area contributed by atoms with Gasteiger partial charge < -0.3 is 0 Å². The van der Waals surface area contributed by atoms with E-state index in [2.05, 4.69) is 55.7 Å². The van der Waals surface area contributed by atoms with Crippen LogP contribution in [0.25, 0.3) is 16.8 Å². The van der Waals surface area contributed by atoms with Crippen LogP contribution in [0.3, 0.4) is 0 Å². The Kier molecular flexibility index (Phi) is 5.52. The highest BCUT2D eigenvalue weighted by Crippen LogP contribution is 2.35. The number of hydrogen-bond donors (Lipinski definition) is 1. The fourth-order valence-electron chi connectivity index (χ4n) is 3.49. The Bertz CT molecular complexity index is 1000. The van der Waals surface area contributed by atoms with Crippen molar-refractivity contribution in [3.05, 3.63) is 99.6 Å². The smallest absolute Gasteiger partial charge is 0.100 e. The Labute approximate surface area is 171 Å². The van der Waals surface area contributed by atoms with E-state index in [1.807, 2.05) is 30.3 Å². The van der Waals surface area contributed by atoms with E-state index in [4.69, 9.17) is 16.4 Å². The van der Waals surface area contributed by atoms with E-state index in [9.17, 15) is 0 Å². The first-order chi connectivity index (χ1) is 13.6. The van der Waals surface area contributed by atoms with Crippen LogP contribution in [-0.2, 0) is 11.4 Å². The van der Waals surface area contributed by atoms with E-state index < -0.39 is 0 Å². The van der Waals surface area contributed by atoms with Crippen LogP contribution in [0, 0.1) is 13.8 Å². The number of hydroxylamine groups is 1. The van der Waals surface area contributed by atoms with Gasteiger partial charge in [-0.05, 0) is 77.8 Å². The quantitative estimate of drug-likeness (QED) is 0.465. The third-order valence-corrected chi connectivity index (χ3v) is 5.55. The molecule has 3 aromatic carbocycles. The molecule has 0 amide bonds. The highest BCUT2D eigenvalue weighted by Gasteiger charge is 2.19. The summed E-state index contributed by atoms with van der Waals surface area (Å²) in [5, 5.41) is 0.744. The molecule has 3 heteroatoms. The maximum atomic E-state index is 6.03. The largest absolute Gasteiger partial charge is 0.271 e. The summed E-state index contributed by atoms with van der Waals surface area (Å²) in [7, 11) is 0. The second-order valence-corrected chi connectivity index (χ2v) is 7.71. The van der Waals surface area contributed by atoms with Crippen LogP contribution in [-0.4, -0.2) is 0 Å². The van der Waals surface area contributed by atoms with Crippen LogP contribution < -0.4 is 5.48 Å². The van der Waals surface area contributed by atoms with Crippen molar-refractivity contribution in [3.63, 3.8) is 0 Å². The number of hydrogen-bond acceptors (Lipinski definition) is 2. The molecule has 0 aliphatic heterocycles. The minimum absolute atomic E-state index is 0.517. The van der Waals surface area contributed by atoms with Gasteiger partial charge in [0, 0.05) is 5.02 Å². The highest BCUT2D eigenvalue weighted by molar-refractivity contribution is 6.30. The van der Waals surface area contributed by atoms with Crippen LogP contribution in [0.1, 0.15) is 35.1 Å². The number of allylic oxidation sites excluding steroid dienone is 1. The monoisotopic (exact) mass is 389 g/mol. The van der Waals surface area contributed by atoms with E-state index in [0.29, 0.717) is 6.61 Å². The Morgan fingerprint density at radius 3 is 2.32 bits per heavy atom. The number of aryl methyl sites for hydroxylation is 1. The van der Waals surface area contributed by atoms with Crippen molar-refractivity contribution in [1.82, 2.24) is 5.48 Å². The van der Waals surface area contributed by atoms with Crippen molar-refractivity contribution in [2.75, 3.05) is 0 Å². The summed E-state index contributed by atoms with van der Waals surface area (Å²) in [6, 6.07) is 22.8. The molecule has 1 aliphatic carbocycles. The molecule has 1 aliphatic rings. The SMILES string of the molecule is Cc1ccc(-c2ccccc2)c(C)c1CONC(=C1CC1)c1ccc(Cl)cc1. The molecule has 1 saturated carbocycles. The second-order valence-electron chi connectivity index (χ2n) is 7.28. The third kappa shape index (κ3) is 4.14. The molecule has 4 rings (SSSR count). The van der Waals surface area contributed by atoms with E-state index in [0.717, 1.165) is 29.1 Å². The van der Waals surface area contributed by atoms with Crippen LogP contribution >= 0.6 is 11.6 Å². The average molecular weight is 390 g/mol. The predicted octanol–water partition coefficient (Wildman–Crippen LogP) is 6.85. The first kappa shape index (κ1) is 18.8. The van der Waals surface area contributed by atoms with E-state index in [1.165, 1.54) is 33.4 Å². The van der Waals surface area contributed by atoms with Crippen molar-refractivity contribution in [2.24, 2.45) is 0 Å². The van der Waals surface area contributed by atoms with Crippen molar-refractivity contribution >= 4 is 17.3 Å². The van der Waals surface area contributed by atoms with Gasteiger partial charge in [0.2, 0.25) is 0 Å². The zero-order chi connectivity index (χ0) is 19.5. The molecule has 2 nitrogen and oxygen atoms in total. The van der Waals surface area contributed by atoms with Crippen molar-refractivity contribution in [2.45, 2.75) is 33.3 Å². The van der Waals surface area contributed by atoms with Crippen LogP contribution in [0.2, 0.25) is 5.02 Å². The van der Waals surface area contributed by atoms with Gasteiger partial charge in [0.1, 0.15) is 6.61 Å². The molecular weight excluding hydrogens is 366 g/mol. The topological polar surface area (TPSA) is 21.3 Å². The standard InChI is InChI=1S/C25H24ClNO/c1-17-8-15-23(19-6-4-3-5-7-19)18(2)24(17)16-28-27-25(20-9-10-20)21-11-13-22(26)14-12-21/h3-8,11-15,27H,9-10,16H2,1-2H3. The molecule has 0 saturated heterocycles. The molecule has 0 unspecified atom stereocenters. The fourth-order valence-corrected chi connectivity index (χ4v) is 3.62. The van der Waals surface area contributed by atoms with Gasteiger partial charge in [-0.2, -0.15) is 0 Å². The Morgan fingerprint density at radius 2 is 1.64 bits per heavy atom. The van der Waals surface area contributed by atoms with Crippen LogP contribution in [0.5, 0.6) is 0 Å². The molecule has 1 fully saturated rings. The first-order valence-electron chi connectivity index (χ1n) is 9.64. The molecule has 0 atom stereocenters. The molecular formula is C25H24ClNO. The summed E-state index contributed by atoms with van der Waals surface area (Å²) >= 11 is 6.03. The lowest BCUT2D eigenvalue weighted by molar-refractivity contribution is 0.0638. The summed E-state index contributed by atoms with van der Waals surface area (Å²) in [5.41, 5.74) is 13.0. The highest BCUT2D eigenvalue weighted by atomic mass is 35.5.